The SMILES string of the molecule is Cc1ncc(-c2cc(Cl)ccc2F)[nH]1. The first kappa shape index (κ1) is 9.21. The van der Waals surface area contributed by atoms with Crippen LogP contribution in [0.15, 0.2) is 24.4 Å². The van der Waals surface area contributed by atoms with E-state index in [9.17, 15) is 4.39 Å². The van der Waals surface area contributed by atoms with Gasteiger partial charge in [-0.25, -0.2) is 9.37 Å². The highest BCUT2D eigenvalue weighted by atomic mass is 35.5. The second-order valence-corrected chi connectivity index (χ2v) is 3.44. The third-order valence-electron chi connectivity index (χ3n) is 1.92. The zero-order chi connectivity index (χ0) is 10.1. The van der Waals surface area contributed by atoms with Gasteiger partial charge in [0.2, 0.25) is 0 Å². The maximum atomic E-state index is 13.4. The zero-order valence-electron chi connectivity index (χ0n) is 7.51. The lowest BCUT2D eigenvalue weighted by Crippen LogP contribution is -1.84. The van der Waals surface area contributed by atoms with E-state index in [0.29, 0.717) is 16.3 Å². The summed E-state index contributed by atoms with van der Waals surface area (Å²) in [6.45, 7) is 1.81. The molecule has 0 fully saturated rings. The molecule has 72 valence electrons. The average molecular weight is 211 g/mol. The molecule has 0 aliphatic rings. The van der Waals surface area contributed by atoms with Gasteiger partial charge in [-0.05, 0) is 25.1 Å². The molecule has 0 atom stereocenters. The molecular formula is C10H8ClFN2. The van der Waals surface area contributed by atoms with E-state index in [1.807, 2.05) is 6.92 Å². The average Bonchev–Trinajstić information content (AvgIpc) is 2.56. The minimum absolute atomic E-state index is 0.307. The van der Waals surface area contributed by atoms with E-state index >= 15 is 0 Å². The van der Waals surface area contributed by atoms with Crippen LogP contribution in [0, 0.1) is 12.7 Å². The Kier molecular flexibility index (Phi) is 2.25. The van der Waals surface area contributed by atoms with Gasteiger partial charge in [-0.3, -0.25) is 0 Å². The molecule has 4 heteroatoms. The number of benzene rings is 1. The smallest absolute Gasteiger partial charge is 0.132 e. The number of hydrogen-bond acceptors (Lipinski definition) is 1. The molecule has 0 unspecified atom stereocenters. The van der Waals surface area contributed by atoms with Crippen LogP contribution in [-0.4, -0.2) is 9.97 Å². The molecule has 0 saturated heterocycles. The zero-order valence-corrected chi connectivity index (χ0v) is 8.27. The summed E-state index contributed by atoms with van der Waals surface area (Å²) in [5.41, 5.74) is 1.08. The molecule has 0 aliphatic carbocycles. The Labute approximate surface area is 85.8 Å². The molecule has 1 heterocycles. The van der Waals surface area contributed by atoms with Crippen molar-refractivity contribution in [1.29, 1.82) is 0 Å². The Morgan fingerprint density at radius 2 is 2.21 bits per heavy atom. The van der Waals surface area contributed by atoms with Crippen molar-refractivity contribution in [2.24, 2.45) is 0 Å². The number of aromatic amines is 1. The quantitative estimate of drug-likeness (QED) is 0.770. The lowest BCUT2D eigenvalue weighted by atomic mass is 10.1. The lowest BCUT2D eigenvalue weighted by Gasteiger charge is -2.00. The van der Waals surface area contributed by atoms with Gasteiger partial charge in [-0.1, -0.05) is 11.6 Å². The van der Waals surface area contributed by atoms with Crippen molar-refractivity contribution in [3.8, 4) is 11.3 Å². The second-order valence-electron chi connectivity index (χ2n) is 3.01. The van der Waals surface area contributed by atoms with E-state index in [1.54, 1.807) is 12.3 Å². The minimum Gasteiger partial charge on any atom is -0.342 e. The number of nitrogens with one attached hydrogen (secondary N) is 1. The predicted molar refractivity (Wildman–Crippen MR) is 53.7 cm³/mol. The van der Waals surface area contributed by atoms with Crippen molar-refractivity contribution < 1.29 is 4.39 Å². The fraction of sp³-hybridized carbons (Fsp3) is 0.100. The Balaban J connectivity index is 2.55. The lowest BCUT2D eigenvalue weighted by molar-refractivity contribution is 0.631. The summed E-state index contributed by atoms with van der Waals surface area (Å²) in [5, 5.41) is 0.508. The molecule has 1 aromatic heterocycles. The number of nitrogens with zero attached hydrogens (tertiary/aromatic N) is 1. The van der Waals surface area contributed by atoms with Crippen LogP contribution >= 0.6 is 11.6 Å². The van der Waals surface area contributed by atoms with E-state index in [-0.39, 0.29) is 5.82 Å². The summed E-state index contributed by atoms with van der Waals surface area (Å²) in [6, 6.07) is 4.43. The van der Waals surface area contributed by atoms with Gasteiger partial charge in [0.25, 0.3) is 0 Å². The van der Waals surface area contributed by atoms with Gasteiger partial charge < -0.3 is 4.98 Å². The third-order valence-corrected chi connectivity index (χ3v) is 2.16. The largest absolute Gasteiger partial charge is 0.342 e. The van der Waals surface area contributed by atoms with Crippen molar-refractivity contribution in [3.05, 3.63) is 41.1 Å². The Hall–Kier alpha value is -1.35. The molecule has 1 N–H and O–H groups in total. The standard InChI is InChI=1S/C10H8ClFN2/c1-6-13-5-10(14-6)8-4-7(11)2-3-9(8)12/h2-5H,1H3,(H,13,14). The molecule has 0 spiro atoms. The van der Waals surface area contributed by atoms with E-state index in [1.165, 1.54) is 12.1 Å². The second kappa shape index (κ2) is 3.42. The molecule has 0 saturated carbocycles. The van der Waals surface area contributed by atoms with Crippen LogP contribution in [0.25, 0.3) is 11.3 Å². The van der Waals surface area contributed by atoms with Crippen LogP contribution in [0.4, 0.5) is 4.39 Å². The summed E-state index contributed by atoms with van der Waals surface area (Å²) in [6.07, 6.45) is 1.59. The molecule has 0 radical (unpaired) electrons. The number of aromatic nitrogens is 2. The summed E-state index contributed by atoms with van der Waals surface area (Å²) in [4.78, 5) is 6.95. The summed E-state index contributed by atoms with van der Waals surface area (Å²) in [7, 11) is 0. The Bertz CT molecular complexity index is 465. The van der Waals surface area contributed by atoms with Gasteiger partial charge in [-0.15, -0.1) is 0 Å². The van der Waals surface area contributed by atoms with E-state index in [2.05, 4.69) is 9.97 Å². The van der Waals surface area contributed by atoms with Crippen molar-refractivity contribution in [1.82, 2.24) is 9.97 Å². The van der Waals surface area contributed by atoms with Crippen LogP contribution < -0.4 is 0 Å². The summed E-state index contributed by atoms with van der Waals surface area (Å²) in [5.74, 6) is 0.442. The maximum absolute atomic E-state index is 13.4. The van der Waals surface area contributed by atoms with Crippen molar-refractivity contribution >= 4 is 11.6 Å². The van der Waals surface area contributed by atoms with Crippen LogP contribution in [0.2, 0.25) is 5.02 Å². The van der Waals surface area contributed by atoms with Gasteiger partial charge in [-0.2, -0.15) is 0 Å². The number of rotatable bonds is 1. The van der Waals surface area contributed by atoms with Crippen molar-refractivity contribution in [2.45, 2.75) is 6.92 Å². The van der Waals surface area contributed by atoms with Gasteiger partial charge in [0, 0.05) is 10.6 Å². The molecule has 2 rings (SSSR count). The first-order valence-corrected chi connectivity index (χ1v) is 4.51. The minimum atomic E-state index is -0.307. The van der Waals surface area contributed by atoms with Crippen LogP contribution in [0.1, 0.15) is 5.82 Å². The van der Waals surface area contributed by atoms with Gasteiger partial charge in [0.05, 0.1) is 11.9 Å². The summed E-state index contributed by atoms with van der Waals surface area (Å²) >= 11 is 5.77. The molecule has 1 aromatic carbocycles. The number of H-pyrrole nitrogens is 1. The first-order valence-electron chi connectivity index (χ1n) is 4.14. The Morgan fingerprint density at radius 3 is 2.86 bits per heavy atom. The highest BCUT2D eigenvalue weighted by molar-refractivity contribution is 6.30. The predicted octanol–water partition coefficient (Wildman–Crippen LogP) is 3.18. The molecule has 0 aliphatic heterocycles. The van der Waals surface area contributed by atoms with Gasteiger partial charge in [0.1, 0.15) is 11.6 Å². The monoisotopic (exact) mass is 210 g/mol. The van der Waals surface area contributed by atoms with E-state index in [4.69, 9.17) is 11.6 Å². The molecule has 0 bridgehead atoms. The molecule has 0 amide bonds. The third kappa shape index (κ3) is 1.63. The van der Waals surface area contributed by atoms with E-state index < -0.39 is 0 Å². The fourth-order valence-corrected chi connectivity index (χ4v) is 1.43. The Morgan fingerprint density at radius 1 is 1.43 bits per heavy atom. The van der Waals surface area contributed by atoms with Crippen LogP contribution in [0.5, 0.6) is 0 Å². The molecular weight excluding hydrogens is 203 g/mol. The maximum Gasteiger partial charge on any atom is 0.132 e. The first-order chi connectivity index (χ1) is 6.66. The summed E-state index contributed by atoms with van der Waals surface area (Å²) < 4.78 is 13.4. The number of halogens is 2. The fourth-order valence-electron chi connectivity index (χ4n) is 1.26. The van der Waals surface area contributed by atoms with Crippen molar-refractivity contribution in [2.75, 3.05) is 0 Å². The highest BCUT2D eigenvalue weighted by Gasteiger charge is 2.07. The van der Waals surface area contributed by atoms with E-state index in [0.717, 1.165) is 5.82 Å². The molecule has 14 heavy (non-hydrogen) atoms. The van der Waals surface area contributed by atoms with Gasteiger partial charge in [0.15, 0.2) is 0 Å². The normalized spacial score (nSPS) is 10.5. The number of aryl methyl sites for hydroxylation is 1. The number of hydrogen-bond donors (Lipinski definition) is 1. The van der Waals surface area contributed by atoms with Crippen LogP contribution in [0.3, 0.4) is 0 Å². The topological polar surface area (TPSA) is 28.7 Å². The van der Waals surface area contributed by atoms with Gasteiger partial charge >= 0.3 is 0 Å². The number of imidazole rings is 1. The molecule has 2 aromatic rings. The van der Waals surface area contributed by atoms with Crippen molar-refractivity contribution in [3.63, 3.8) is 0 Å². The van der Waals surface area contributed by atoms with Crippen LogP contribution in [-0.2, 0) is 0 Å². The highest BCUT2D eigenvalue weighted by Crippen LogP contribution is 2.24. The molecule has 2 nitrogen and oxygen atoms in total.